The van der Waals surface area contributed by atoms with Crippen molar-refractivity contribution in [3.8, 4) is 0 Å². The van der Waals surface area contributed by atoms with Crippen LogP contribution < -0.4 is 9.75 Å². The van der Waals surface area contributed by atoms with E-state index in [-0.39, 0.29) is 15.7 Å². The fourth-order valence-corrected chi connectivity index (χ4v) is 3.48. The Hall–Kier alpha value is -1.67. The molecule has 0 amide bonds. The summed E-state index contributed by atoms with van der Waals surface area (Å²) < 4.78 is 7.72. The molecule has 1 rings (SSSR count). The molecule has 1 heterocycles. The molecule has 0 aliphatic rings. The van der Waals surface area contributed by atoms with Crippen LogP contribution in [0.3, 0.4) is 0 Å². The van der Waals surface area contributed by atoms with Gasteiger partial charge in [0.25, 0.3) is 0 Å². The van der Waals surface area contributed by atoms with E-state index in [9.17, 15) is 19.5 Å². The molecule has 1 atom stereocenters. The van der Waals surface area contributed by atoms with Gasteiger partial charge >= 0.3 is 15.7 Å². The van der Waals surface area contributed by atoms with Crippen molar-refractivity contribution in [3.05, 3.63) is 31.5 Å². The average Bonchev–Trinajstić information content (AvgIpc) is 2.89. The first-order chi connectivity index (χ1) is 13.0. The lowest BCUT2D eigenvalue weighted by Gasteiger charge is -2.13. The van der Waals surface area contributed by atoms with Gasteiger partial charge in [0.15, 0.2) is 0 Å². The van der Waals surface area contributed by atoms with Crippen LogP contribution in [0, 0.1) is 0 Å². The van der Waals surface area contributed by atoms with Crippen molar-refractivity contribution in [2.24, 2.45) is 0 Å². The number of unbranched alkanes of at least 4 members (excludes halogenated alkanes) is 4. The summed E-state index contributed by atoms with van der Waals surface area (Å²) >= 11 is 0.705. The van der Waals surface area contributed by atoms with Crippen molar-refractivity contribution in [2.45, 2.75) is 84.4 Å². The first-order valence-electron chi connectivity index (χ1n) is 9.81. The van der Waals surface area contributed by atoms with Crippen LogP contribution in [-0.2, 0) is 22.6 Å². The van der Waals surface area contributed by atoms with Gasteiger partial charge in [0.05, 0.1) is 12.7 Å². The molecule has 0 fully saturated rings. The minimum Gasteiger partial charge on any atom is -0.463 e. The molecular formula is C19H32N2O5S. The highest BCUT2D eigenvalue weighted by atomic mass is 32.1. The number of esters is 1. The summed E-state index contributed by atoms with van der Waals surface area (Å²) in [7, 11) is 0. The monoisotopic (exact) mass is 400 g/mol. The second-order valence-corrected chi connectivity index (χ2v) is 7.37. The van der Waals surface area contributed by atoms with Gasteiger partial charge in [-0.15, -0.1) is 0 Å². The number of aromatic nitrogens is 2. The number of aliphatic hydroxyl groups excluding tert-OH is 1. The number of rotatable bonds is 14. The van der Waals surface area contributed by atoms with Crippen LogP contribution in [0.5, 0.6) is 0 Å². The van der Waals surface area contributed by atoms with Crippen molar-refractivity contribution >= 4 is 17.3 Å². The molecule has 0 spiro atoms. The molecule has 0 aliphatic heterocycles. The number of hydrogen-bond donors (Lipinski definition) is 1. The highest BCUT2D eigenvalue weighted by Gasteiger charge is 2.12. The first kappa shape index (κ1) is 23.4. The summed E-state index contributed by atoms with van der Waals surface area (Å²) in [5.74, 6) is -0.349. The van der Waals surface area contributed by atoms with Gasteiger partial charge in [-0.05, 0) is 50.4 Å². The van der Waals surface area contributed by atoms with Gasteiger partial charge in [-0.1, -0.05) is 32.3 Å². The maximum absolute atomic E-state index is 12.0. The fraction of sp³-hybridized carbons (Fsp3) is 0.737. The highest BCUT2D eigenvalue weighted by molar-refractivity contribution is 7.06. The number of carbonyl (C=O) groups excluding carboxylic acids is 1. The smallest absolute Gasteiger partial charge is 0.330 e. The number of nitrogens with zero attached hydrogens (tertiary/aromatic N) is 2. The SMILES string of the molecule is CCCCCC(O)CCn1c(=O)sc(=O)n1CCCCC=CC(=O)OCC. The zero-order chi connectivity index (χ0) is 20.1. The van der Waals surface area contributed by atoms with E-state index in [1.807, 2.05) is 0 Å². The van der Waals surface area contributed by atoms with Gasteiger partial charge < -0.3 is 9.84 Å². The van der Waals surface area contributed by atoms with E-state index in [0.717, 1.165) is 38.5 Å². The molecule has 0 saturated heterocycles. The molecule has 1 aromatic rings. The molecule has 0 bridgehead atoms. The second kappa shape index (κ2) is 13.5. The molecule has 1 N–H and O–H groups in total. The summed E-state index contributed by atoms with van der Waals surface area (Å²) in [5.41, 5.74) is 0. The summed E-state index contributed by atoms with van der Waals surface area (Å²) in [5, 5.41) is 10.0. The maximum atomic E-state index is 12.0. The first-order valence-corrected chi connectivity index (χ1v) is 10.6. The molecule has 1 aromatic heterocycles. The van der Waals surface area contributed by atoms with Crippen molar-refractivity contribution in [1.82, 2.24) is 9.36 Å². The van der Waals surface area contributed by atoms with Crippen LogP contribution in [0.4, 0.5) is 0 Å². The fourth-order valence-electron chi connectivity index (χ4n) is 2.74. The van der Waals surface area contributed by atoms with Crippen LogP contribution in [0.15, 0.2) is 21.7 Å². The van der Waals surface area contributed by atoms with Crippen molar-refractivity contribution in [2.75, 3.05) is 6.61 Å². The zero-order valence-corrected chi connectivity index (χ0v) is 17.2. The molecule has 27 heavy (non-hydrogen) atoms. The lowest BCUT2D eigenvalue weighted by Crippen LogP contribution is -2.28. The average molecular weight is 401 g/mol. The lowest BCUT2D eigenvalue weighted by molar-refractivity contribution is -0.137. The molecule has 7 nitrogen and oxygen atoms in total. The van der Waals surface area contributed by atoms with Crippen molar-refractivity contribution in [3.63, 3.8) is 0 Å². The maximum Gasteiger partial charge on any atom is 0.330 e. The molecule has 0 radical (unpaired) electrons. The number of ether oxygens (including phenoxy) is 1. The van der Waals surface area contributed by atoms with Crippen LogP contribution in [0.25, 0.3) is 0 Å². The number of allylic oxidation sites excluding steroid dienone is 1. The van der Waals surface area contributed by atoms with Crippen molar-refractivity contribution in [1.29, 1.82) is 0 Å². The normalized spacial score (nSPS) is 12.6. The van der Waals surface area contributed by atoms with Gasteiger partial charge in [-0.3, -0.25) is 9.59 Å². The quantitative estimate of drug-likeness (QED) is 0.295. The molecule has 0 aromatic carbocycles. The third-order valence-corrected chi connectivity index (χ3v) is 5.00. The molecule has 1 unspecified atom stereocenters. The largest absolute Gasteiger partial charge is 0.463 e. The third kappa shape index (κ3) is 9.19. The van der Waals surface area contributed by atoms with Crippen LogP contribution in [0.1, 0.15) is 65.2 Å². The van der Waals surface area contributed by atoms with Gasteiger partial charge in [0, 0.05) is 19.2 Å². The van der Waals surface area contributed by atoms with E-state index in [1.165, 1.54) is 15.4 Å². The van der Waals surface area contributed by atoms with Gasteiger partial charge in [0.2, 0.25) is 0 Å². The summed E-state index contributed by atoms with van der Waals surface area (Å²) in [6, 6.07) is 0. The Morgan fingerprint density at radius 1 is 1.07 bits per heavy atom. The predicted molar refractivity (Wildman–Crippen MR) is 107 cm³/mol. The Kier molecular flexibility index (Phi) is 11.7. The van der Waals surface area contributed by atoms with Gasteiger partial charge in [-0.2, -0.15) is 0 Å². The summed E-state index contributed by atoms with van der Waals surface area (Å²) in [6.45, 7) is 5.04. The van der Waals surface area contributed by atoms with E-state index in [2.05, 4.69) is 6.92 Å². The molecule has 154 valence electrons. The molecule has 8 heteroatoms. The zero-order valence-electron chi connectivity index (χ0n) is 16.4. The number of hydrogen-bond acceptors (Lipinski definition) is 6. The Morgan fingerprint density at radius 3 is 2.44 bits per heavy atom. The lowest BCUT2D eigenvalue weighted by atomic mass is 10.1. The van der Waals surface area contributed by atoms with E-state index < -0.39 is 6.10 Å². The van der Waals surface area contributed by atoms with Crippen molar-refractivity contribution < 1.29 is 14.6 Å². The van der Waals surface area contributed by atoms with E-state index in [4.69, 9.17) is 4.74 Å². The molecule has 0 saturated carbocycles. The summed E-state index contributed by atoms with van der Waals surface area (Å²) in [4.78, 5) is 34.7. The minimum atomic E-state index is -0.445. The van der Waals surface area contributed by atoms with E-state index in [1.54, 1.807) is 13.0 Å². The van der Waals surface area contributed by atoms with Crippen LogP contribution in [0.2, 0.25) is 0 Å². The minimum absolute atomic E-state index is 0.262. The van der Waals surface area contributed by atoms with Gasteiger partial charge in [-0.25, -0.2) is 14.2 Å². The molecular weight excluding hydrogens is 368 g/mol. The summed E-state index contributed by atoms with van der Waals surface area (Å²) in [6.07, 6.45) is 9.32. The predicted octanol–water partition coefficient (Wildman–Crippen LogP) is 2.69. The third-order valence-electron chi connectivity index (χ3n) is 4.23. The van der Waals surface area contributed by atoms with E-state index in [0.29, 0.717) is 43.9 Å². The Bertz CT molecular complexity index is 689. The Morgan fingerprint density at radius 2 is 1.78 bits per heavy atom. The highest BCUT2D eigenvalue weighted by Crippen LogP contribution is 2.07. The topological polar surface area (TPSA) is 90.5 Å². The van der Waals surface area contributed by atoms with E-state index >= 15 is 0 Å². The Labute approximate surface area is 164 Å². The number of aliphatic hydroxyl groups is 1. The number of carbonyl (C=O) groups is 1. The standard InChI is InChI=1S/C19H32N2O5S/c1-3-5-8-11-16(22)13-15-21-19(25)27-18(24)20(21)14-10-7-6-9-12-17(23)26-4-2/h9,12,16,22H,3-8,10-11,13-15H2,1-2H3. The Balaban J connectivity index is 2.46. The van der Waals surface area contributed by atoms with Gasteiger partial charge in [0.1, 0.15) is 0 Å². The van der Waals surface area contributed by atoms with Crippen LogP contribution >= 0.6 is 11.3 Å². The molecule has 0 aliphatic carbocycles. The second-order valence-electron chi connectivity index (χ2n) is 6.47. The van der Waals surface area contributed by atoms with Crippen LogP contribution in [-0.4, -0.2) is 33.2 Å².